The van der Waals surface area contributed by atoms with Crippen molar-refractivity contribution in [2.75, 3.05) is 52.5 Å². The third kappa shape index (κ3) is 4.69. The first-order chi connectivity index (χ1) is 11.6. The zero-order valence-corrected chi connectivity index (χ0v) is 14.0. The van der Waals surface area contributed by atoms with Gasteiger partial charge in [0.25, 0.3) is 0 Å². The van der Waals surface area contributed by atoms with Gasteiger partial charge in [0, 0.05) is 19.6 Å². The van der Waals surface area contributed by atoms with Crippen LogP contribution in [0.5, 0.6) is 5.75 Å². The molecule has 2 aliphatic heterocycles. The van der Waals surface area contributed by atoms with E-state index in [2.05, 4.69) is 4.90 Å². The number of nitrogens with zero attached hydrogens (tertiary/aromatic N) is 2. The van der Waals surface area contributed by atoms with Gasteiger partial charge in [-0.2, -0.15) is 0 Å². The molecule has 1 aromatic carbocycles. The minimum atomic E-state index is -0.977. The minimum absolute atomic E-state index is 0.0785. The highest BCUT2D eigenvalue weighted by atomic mass is 16.5. The van der Waals surface area contributed by atoms with E-state index in [0.29, 0.717) is 39.3 Å². The molecule has 6 heteroatoms. The number of para-hydroxylation sites is 1. The summed E-state index contributed by atoms with van der Waals surface area (Å²) in [6.45, 7) is 4.60. The van der Waals surface area contributed by atoms with Crippen molar-refractivity contribution in [3.63, 3.8) is 0 Å². The Morgan fingerprint density at radius 1 is 1.21 bits per heavy atom. The number of hydrogen-bond donors (Lipinski definition) is 1. The molecule has 1 unspecified atom stereocenters. The van der Waals surface area contributed by atoms with Gasteiger partial charge in [0.05, 0.1) is 26.3 Å². The molecule has 1 atom stereocenters. The zero-order valence-electron chi connectivity index (χ0n) is 14.0. The number of aliphatic hydroxyl groups is 1. The smallest absolute Gasteiger partial charge is 0.236 e. The molecule has 0 aliphatic carbocycles. The third-order valence-electron chi connectivity index (χ3n) is 4.62. The summed E-state index contributed by atoms with van der Waals surface area (Å²) < 4.78 is 11.0. The van der Waals surface area contributed by atoms with Gasteiger partial charge in [-0.3, -0.25) is 9.69 Å². The van der Waals surface area contributed by atoms with Crippen LogP contribution in [-0.2, 0) is 9.53 Å². The monoisotopic (exact) mass is 334 g/mol. The van der Waals surface area contributed by atoms with Gasteiger partial charge in [-0.05, 0) is 25.0 Å². The molecule has 0 bridgehead atoms. The Balaban J connectivity index is 1.51. The zero-order chi connectivity index (χ0) is 16.8. The average Bonchev–Trinajstić information content (AvgIpc) is 2.62. The Labute approximate surface area is 143 Å². The Kier molecular flexibility index (Phi) is 5.71. The van der Waals surface area contributed by atoms with Crippen LogP contribution >= 0.6 is 0 Å². The van der Waals surface area contributed by atoms with Crippen LogP contribution in [0.4, 0.5) is 0 Å². The number of β-amino-alcohol motifs (C(OH)–C–C–N with tert-alkyl or cyclic N) is 1. The number of rotatable bonds is 5. The third-order valence-corrected chi connectivity index (χ3v) is 4.62. The standard InChI is InChI=1S/C18H26N2O4/c21-17(13-19-9-11-23-12-10-19)20-8-4-7-18(22,14-20)15-24-16-5-2-1-3-6-16/h1-3,5-6,22H,4,7-15H2. The highest BCUT2D eigenvalue weighted by Crippen LogP contribution is 2.23. The molecule has 1 aromatic rings. The topological polar surface area (TPSA) is 62.2 Å². The summed E-state index contributed by atoms with van der Waals surface area (Å²) in [6.07, 6.45) is 1.45. The minimum Gasteiger partial charge on any atom is -0.491 e. The van der Waals surface area contributed by atoms with Crippen LogP contribution in [0, 0.1) is 0 Å². The van der Waals surface area contributed by atoms with E-state index in [1.54, 1.807) is 4.90 Å². The van der Waals surface area contributed by atoms with Crippen molar-refractivity contribution in [1.29, 1.82) is 0 Å². The number of piperidine rings is 1. The normalized spacial score (nSPS) is 25.5. The molecule has 0 radical (unpaired) electrons. The summed E-state index contributed by atoms with van der Waals surface area (Å²) in [5, 5.41) is 10.8. The van der Waals surface area contributed by atoms with E-state index in [1.165, 1.54) is 0 Å². The first kappa shape index (κ1) is 17.2. The quantitative estimate of drug-likeness (QED) is 0.861. The van der Waals surface area contributed by atoms with Gasteiger partial charge in [0.1, 0.15) is 18.0 Å². The van der Waals surface area contributed by atoms with E-state index in [4.69, 9.17) is 9.47 Å². The lowest BCUT2D eigenvalue weighted by Gasteiger charge is -2.39. The maximum Gasteiger partial charge on any atom is 0.236 e. The maximum atomic E-state index is 12.5. The van der Waals surface area contributed by atoms with E-state index >= 15 is 0 Å². The molecule has 2 aliphatic rings. The largest absolute Gasteiger partial charge is 0.491 e. The molecule has 2 saturated heterocycles. The number of hydrogen-bond acceptors (Lipinski definition) is 5. The summed E-state index contributed by atoms with van der Waals surface area (Å²) in [4.78, 5) is 16.4. The van der Waals surface area contributed by atoms with Crippen LogP contribution in [-0.4, -0.2) is 79.0 Å². The van der Waals surface area contributed by atoms with E-state index < -0.39 is 5.60 Å². The van der Waals surface area contributed by atoms with Gasteiger partial charge < -0.3 is 19.5 Å². The second kappa shape index (κ2) is 7.96. The number of likely N-dealkylation sites (tertiary alicyclic amines) is 1. The molecule has 0 saturated carbocycles. The summed E-state index contributed by atoms with van der Waals surface area (Å²) in [6, 6.07) is 9.46. The van der Waals surface area contributed by atoms with Crippen LogP contribution in [0.1, 0.15) is 12.8 Å². The molecule has 1 amide bonds. The second-order valence-electron chi connectivity index (χ2n) is 6.63. The lowest BCUT2D eigenvalue weighted by Crippen LogP contribution is -2.55. The Morgan fingerprint density at radius 2 is 1.96 bits per heavy atom. The van der Waals surface area contributed by atoms with Gasteiger partial charge in [-0.15, -0.1) is 0 Å². The first-order valence-corrected chi connectivity index (χ1v) is 8.63. The van der Waals surface area contributed by atoms with Crippen molar-refractivity contribution < 1.29 is 19.4 Å². The number of carbonyl (C=O) groups is 1. The van der Waals surface area contributed by atoms with Gasteiger partial charge in [0.15, 0.2) is 0 Å². The molecule has 6 nitrogen and oxygen atoms in total. The SMILES string of the molecule is O=C(CN1CCOCC1)N1CCCC(O)(COc2ccccc2)C1. The van der Waals surface area contributed by atoms with Crippen LogP contribution in [0.25, 0.3) is 0 Å². The molecule has 2 heterocycles. The van der Waals surface area contributed by atoms with E-state index in [1.807, 2.05) is 30.3 Å². The van der Waals surface area contributed by atoms with Crippen LogP contribution in [0.15, 0.2) is 30.3 Å². The molecule has 24 heavy (non-hydrogen) atoms. The van der Waals surface area contributed by atoms with Gasteiger partial charge in [-0.1, -0.05) is 18.2 Å². The lowest BCUT2D eigenvalue weighted by molar-refractivity contribution is -0.142. The van der Waals surface area contributed by atoms with Crippen molar-refractivity contribution >= 4 is 5.91 Å². The molecule has 1 N–H and O–H groups in total. The lowest BCUT2D eigenvalue weighted by atomic mass is 9.93. The fourth-order valence-corrected chi connectivity index (χ4v) is 3.23. The average molecular weight is 334 g/mol. The summed E-state index contributed by atoms with van der Waals surface area (Å²) in [5.41, 5.74) is -0.977. The van der Waals surface area contributed by atoms with Crippen molar-refractivity contribution in [2.24, 2.45) is 0 Å². The van der Waals surface area contributed by atoms with E-state index in [0.717, 1.165) is 25.3 Å². The van der Waals surface area contributed by atoms with E-state index in [-0.39, 0.29) is 12.5 Å². The van der Waals surface area contributed by atoms with Crippen LogP contribution in [0.2, 0.25) is 0 Å². The molecule has 0 aromatic heterocycles. The summed E-state index contributed by atoms with van der Waals surface area (Å²) in [5.74, 6) is 0.817. The summed E-state index contributed by atoms with van der Waals surface area (Å²) in [7, 11) is 0. The molecule has 3 rings (SSSR count). The fourth-order valence-electron chi connectivity index (χ4n) is 3.23. The van der Waals surface area contributed by atoms with Gasteiger partial charge >= 0.3 is 0 Å². The Morgan fingerprint density at radius 3 is 2.71 bits per heavy atom. The summed E-state index contributed by atoms with van der Waals surface area (Å²) >= 11 is 0. The molecule has 2 fully saturated rings. The van der Waals surface area contributed by atoms with Crippen LogP contribution in [0.3, 0.4) is 0 Å². The number of amides is 1. The molecular weight excluding hydrogens is 308 g/mol. The highest BCUT2D eigenvalue weighted by Gasteiger charge is 2.36. The van der Waals surface area contributed by atoms with Crippen LogP contribution < -0.4 is 4.74 Å². The van der Waals surface area contributed by atoms with Gasteiger partial charge in [0.2, 0.25) is 5.91 Å². The van der Waals surface area contributed by atoms with E-state index in [9.17, 15) is 9.90 Å². The number of morpholine rings is 1. The fraction of sp³-hybridized carbons (Fsp3) is 0.611. The maximum absolute atomic E-state index is 12.5. The second-order valence-corrected chi connectivity index (χ2v) is 6.63. The van der Waals surface area contributed by atoms with Crippen molar-refractivity contribution in [2.45, 2.75) is 18.4 Å². The first-order valence-electron chi connectivity index (χ1n) is 8.63. The van der Waals surface area contributed by atoms with Gasteiger partial charge in [-0.25, -0.2) is 0 Å². The number of carbonyl (C=O) groups excluding carboxylic acids is 1. The van der Waals surface area contributed by atoms with Crippen molar-refractivity contribution in [3.8, 4) is 5.75 Å². The highest BCUT2D eigenvalue weighted by molar-refractivity contribution is 5.78. The number of benzene rings is 1. The van der Waals surface area contributed by atoms with Crippen molar-refractivity contribution in [3.05, 3.63) is 30.3 Å². The Bertz CT molecular complexity index is 533. The number of ether oxygens (including phenoxy) is 2. The molecule has 0 spiro atoms. The Hall–Kier alpha value is -1.63. The van der Waals surface area contributed by atoms with Crippen molar-refractivity contribution in [1.82, 2.24) is 9.80 Å². The molecule has 132 valence electrons. The molecular formula is C18H26N2O4. The predicted octanol–water partition coefficient (Wildman–Crippen LogP) is 0.751. The predicted molar refractivity (Wildman–Crippen MR) is 90.0 cm³/mol.